The molecule has 4 rings (SSSR count). The predicted octanol–water partition coefficient (Wildman–Crippen LogP) is 4.29. The third-order valence-corrected chi connectivity index (χ3v) is 5.51. The van der Waals surface area contributed by atoms with Crippen molar-refractivity contribution in [1.82, 2.24) is 40.0 Å². The summed E-state index contributed by atoms with van der Waals surface area (Å²) >= 11 is 0. The summed E-state index contributed by atoms with van der Waals surface area (Å²) < 4.78 is 18.0. The van der Waals surface area contributed by atoms with Gasteiger partial charge in [-0.1, -0.05) is 39.3 Å². The van der Waals surface area contributed by atoms with E-state index < -0.39 is 5.82 Å². The molecule has 0 spiro atoms. The van der Waals surface area contributed by atoms with Crippen LogP contribution in [0.4, 0.5) is 4.39 Å². The van der Waals surface area contributed by atoms with Crippen molar-refractivity contribution in [2.75, 3.05) is 0 Å². The van der Waals surface area contributed by atoms with Crippen molar-refractivity contribution >= 4 is 0 Å². The number of unbranched alkanes of at least 4 members (excludes halogenated alkanes) is 1. The zero-order chi connectivity index (χ0) is 21.8. The van der Waals surface area contributed by atoms with E-state index >= 15 is 0 Å². The van der Waals surface area contributed by atoms with Crippen LogP contribution in [0.25, 0.3) is 17.2 Å². The van der Waals surface area contributed by atoms with Crippen molar-refractivity contribution in [3.63, 3.8) is 0 Å². The Bertz CT molecular complexity index is 1110. The molecule has 8 nitrogen and oxygen atoms in total. The van der Waals surface area contributed by atoms with E-state index in [1.807, 2.05) is 28.9 Å². The first-order valence-electron chi connectivity index (χ1n) is 10.7. The molecule has 0 amide bonds. The molecule has 0 aliphatic rings. The van der Waals surface area contributed by atoms with Crippen LogP contribution in [0.3, 0.4) is 0 Å². The summed E-state index contributed by atoms with van der Waals surface area (Å²) in [5.41, 5.74) is 2.20. The maximum atomic E-state index is 14.3. The maximum absolute atomic E-state index is 14.3. The highest BCUT2D eigenvalue weighted by molar-refractivity contribution is 5.55. The van der Waals surface area contributed by atoms with Gasteiger partial charge in [0.1, 0.15) is 11.5 Å². The number of aromatic nitrogens is 8. The van der Waals surface area contributed by atoms with Gasteiger partial charge in [-0.3, -0.25) is 0 Å². The van der Waals surface area contributed by atoms with Gasteiger partial charge in [-0.2, -0.15) is 10.3 Å². The Kier molecular flexibility index (Phi) is 6.20. The van der Waals surface area contributed by atoms with Gasteiger partial charge < -0.3 is 4.57 Å². The second-order valence-corrected chi connectivity index (χ2v) is 7.74. The number of aryl methyl sites for hydroxylation is 1. The van der Waals surface area contributed by atoms with Crippen molar-refractivity contribution < 1.29 is 4.39 Å². The fourth-order valence-corrected chi connectivity index (χ4v) is 3.47. The first-order valence-corrected chi connectivity index (χ1v) is 10.7. The molecule has 0 saturated heterocycles. The third-order valence-electron chi connectivity index (χ3n) is 5.51. The van der Waals surface area contributed by atoms with E-state index in [2.05, 4.69) is 41.4 Å². The van der Waals surface area contributed by atoms with Crippen LogP contribution in [0.5, 0.6) is 0 Å². The molecule has 1 atom stereocenters. The number of benzene rings is 1. The van der Waals surface area contributed by atoms with Gasteiger partial charge in [0.2, 0.25) is 5.82 Å². The lowest BCUT2D eigenvalue weighted by atomic mass is 10.1. The van der Waals surface area contributed by atoms with Crippen LogP contribution in [0.1, 0.15) is 63.2 Å². The third kappa shape index (κ3) is 4.40. The summed E-state index contributed by atoms with van der Waals surface area (Å²) in [6.07, 6.45) is 5.82. The van der Waals surface area contributed by atoms with Gasteiger partial charge in [0.05, 0.1) is 6.54 Å². The van der Waals surface area contributed by atoms with E-state index in [1.165, 1.54) is 6.07 Å². The van der Waals surface area contributed by atoms with Crippen LogP contribution in [-0.4, -0.2) is 40.0 Å². The molecule has 3 aromatic heterocycles. The lowest BCUT2D eigenvalue weighted by Crippen LogP contribution is -2.08. The molecule has 1 aromatic carbocycles. The van der Waals surface area contributed by atoms with Crippen molar-refractivity contribution in [2.45, 2.75) is 58.9 Å². The Labute approximate surface area is 180 Å². The minimum Gasteiger partial charge on any atom is -0.311 e. The minimum atomic E-state index is -0.397. The van der Waals surface area contributed by atoms with Gasteiger partial charge in [-0.05, 0) is 41.8 Å². The number of halogens is 1. The zero-order valence-electron chi connectivity index (χ0n) is 18.1. The summed E-state index contributed by atoms with van der Waals surface area (Å²) in [6.45, 7) is 7.15. The summed E-state index contributed by atoms with van der Waals surface area (Å²) in [5.74, 6) is 2.11. The Morgan fingerprint density at radius 1 is 1.13 bits per heavy atom. The molecule has 0 aliphatic carbocycles. The van der Waals surface area contributed by atoms with Crippen LogP contribution < -0.4 is 0 Å². The molecule has 9 heteroatoms. The van der Waals surface area contributed by atoms with E-state index in [9.17, 15) is 4.39 Å². The Morgan fingerprint density at radius 3 is 2.61 bits per heavy atom. The van der Waals surface area contributed by atoms with Gasteiger partial charge >= 0.3 is 0 Å². The van der Waals surface area contributed by atoms with Crippen LogP contribution >= 0.6 is 0 Å². The quantitative estimate of drug-likeness (QED) is 0.434. The maximum Gasteiger partial charge on any atom is 0.224 e. The van der Waals surface area contributed by atoms with Crippen molar-refractivity contribution in [2.24, 2.45) is 0 Å². The number of hydrogen-bond acceptors (Lipinski definition) is 5. The molecule has 0 aliphatic heterocycles. The number of rotatable bonds is 9. The van der Waals surface area contributed by atoms with Crippen molar-refractivity contribution in [3.8, 4) is 17.2 Å². The van der Waals surface area contributed by atoms with Crippen LogP contribution in [0.2, 0.25) is 0 Å². The van der Waals surface area contributed by atoms with E-state index in [1.54, 1.807) is 10.8 Å². The smallest absolute Gasteiger partial charge is 0.224 e. The topological polar surface area (TPSA) is 90.1 Å². The SMILES string of the molecule is CCCCc1nc(C(C)CC)nn1Cc1ccc(-n2ccc(F)c2-c2nn[nH]n2)cc1. The summed E-state index contributed by atoms with van der Waals surface area (Å²) in [6, 6.07) is 9.36. The number of hydrogen-bond donors (Lipinski definition) is 1. The van der Waals surface area contributed by atoms with Crippen LogP contribution in [0.15, 0.2) is 36.5 Å². The lowest BCUT2D eigenvalue weighted by molar-refractivity contribution is 0.602. The molecule has 0 fully saturated rings. The minimum absolute atomic E-state index is 0.215. The average Bonchev–Trinajstić information content (AvgIpc) is 3.52. The summed E-state index contributed by atoms with van der Waals surface area (Å²) in [5, 5.41) is 18.5. The van der Waals surface area contributed by atoms with Gasteiger partial charge in [-0.25, -0.2) is 14.1 Å². The largest absolute Gasteiger partial charge is 0.311 e. The van der Waals surface area contributed by atoms with Gasteiger partial charge in [0.25, 0.3) is 0 Å². The molecule has 0 saturated carbocycles. The molecule has 1 N–H and O–H groups in total. The van der Waals surface area contributed by atoms with E-state index in [0.29, 0.717) is 12.5 Å². The molecular formula is C22H27FN8. The highest BCUT2D eigenvalue weighted by Crippen LogP contribution is 2.24. The first kappa shape index (κ1) is 20.9. The van der Waals surface area contributed by atoms with Crippen molar-refractivity contribution in [1.29, 1.82) is 0 Å². The van der Waals surface area contributed by atoms with E-state index in [0.717, 1.165) is 48.6 Å². The standard InChI is InChI=1S/C22H27FN8/c1-4-6-7-19-24-21(15(3)5-2)27-31(19)14-16-8-10-17(11-9-16)30-13-12-18(23)20(30)22-25-28-29-26-22/h8-13,15H,4-7,14H2,1-3H3,(H,25,26,28,29). The van der Waals surface area contributed by atoms with Crippen molar-refractivity contribution in [3.05, 3.63) is 59.6 Å². The zero-order valence-corrected chi connectivity index (χ0v) is 18.1. The number of tetrazole rings is 1. The molecule has 0 bridgehead atoms. The second kappa shape index (κ2) is 9.20. The molecule has 3 heterocycles. The molecule has 31 heavy (non-hydrogen) atoms. The van der Waals surface area contributed by atoms with Crippen LogP contribution in [-0.2, 0) is 13.0 Å². The summed E-state index contributed by atoms with van der Waals surface area (Å²) in [7, 11) is 0. The molecule has 162 valence electrons. The number of aromatic amines is 1. The number of nitrogens with zero attached hydrogens (tertiary/aromatic N) is 7. The van der Waals surface area contributed by atoms with Crippen LogP contribution in [0, 0.1) is 5.82 Å². The monoisotopic (exact) mass is 422 g/mol. The Morgan fingerprint density at radius 2 is 1.94 bits per heavy atom. The fourth-order valence-electron chi connectivity index (χ4n) is 3.47. The Balaban J connectivity index is 1.58. The van der Waals surface area contributed by atoms with Gasteiger partial charge in [0.15, 0.2) is 11.6 Å². The second-order valence-electron chi connectivity index (χ2n) is 7.74. The highest BCUT2D eigenvalue weighted by atomic mass is 19.1. The molecule has 1 unspecified atom stereocenters. The van der Waals surface area contributed by atoms with E-state index in [4.69, 9.17) is 10.1 Å². The highest BCUT2D eigenvalue weighted by Gasteiger charge is 2.17. The number of H-pyrrole nitrogens is 1. The molecular weight excluding hydrogens is 395 g/mol. The molecule has 0 radical (unpaired) electrons. The van der Waals surface area contributed by atoms with E-state index in [-0.39, 0.29) is 11.5 Å². The first-order chi connectivity index (χ1) is 15.1. The fraction of sp³-hybridized carbons (Fsp3) is 0.409. The molecule has 4 aromatic rings. The lowest BCUT2D eigenvalue weighted by Gasteiger charge is -2.09. The number of nitrogens with one attached hydrogen (secondary N) is 1. The van der Waals surface area contributed by atoms with Gasteiger partial charge in [-0.15, -0.1) is 10.2 Å². The normalized spacial score (nSPS) is 12.4. The van der Waals surface area contributed by atoms with Gasteiger partial charge in [0, 0.05) is 24.2 Å². The predicted molar refractivity (Wildman–Crippen MR) is 115 cm³/mol. The Hall–Kier alpha value is -3.36. The summed E-state index contributed by atoms with van der Waals surface area (Å²) in [4.78, 5) is 4.81. The average molecular weight is 423 g/mol.